The van der Waals surface area contributed by atoms with Crippen LogP contribution in [0.2, 0.25) is 0 Å². The van der Waals surface area contributed by atoms with Gasteiger partial charge < -0.3 is 10.1 Å². The van der Waals surface area contributed by atoms with Crippen LogP contribution in [0.3, 0.4) is 0 Å². The second-order valence-corrected chi connectivity index (χ2v) is 5.90. The smallest absolute Gasteiger partial charge is 0.251 e. The minimum absolute atomic E-state index is 0.110. The highest BCUT2D eigenvalue weighted by Crippen LogP contribution is 2.20. The first kappa shape index (κ1) is 16.2. The Bertz CT molecular complexity index is 769. The molecular weight excluding hydrogens is 329 g/mol. The molecule has 0 aliphatic heterocycles. The third-order valence-electron chi connectivity index (χ3n) is 3.64. The lowest BCUT2D eigenvalue weighted by Crippen LogP contribution is -2.31. The lowest BCUT2D eigenvalue weighted by atomic mass is 10.1. The number of thiophene rings is 1. The number of hydrogen-bond donors (Lipinski definition) is 1. The quantitative estimate of drug-likeness (QED) is 0.747. The molecule has 0 spiro atoms. The van der Waals surface area contributed by atoms with E-state index >= 15 is 0 Å². The molecule has 2 heterocycles. The highest BCUT2D eigenvalue weighted by atomic mass is 32.1. The fourth-order valence-corrected chi connectivity index (χ4v) is 3.10. The molecule has 7 heteroatoms. The van der Waals surface area contributed by atoms with Gasteiger partial charge in [-0.15, -0.1) is 0 Å². The second kappa shape index (κ2) is 7.27. The summed E-state index contributed by atoms with van der Waals surface area (Å²) in [6, 6.07) is 7.86. The van der Waals surface area contributed by atoms with Gasteiger partial charge in [-0.3, -0.25) is 9.48 Å². The van der Waals surface area contributed by atoms with Crippen LogP contribution in [0.25, 0.3) is 0 Å². The molecular formula is C17H16FN3O2S. The molecule has 0 saturated heterocycles. The largest absolute Gasteiger partial charge is 0.494 e. The van der Waals surface area contributed by atoms with E-state index in [9.17, 15) is 9.18 Å². The normalized spacial score (nSPS) is 11.9. The maximum atomic E-state index is 13.7. The van der Waals surface area contributed by atoms with Gasteiger partial charge in [0.05, 0.1) is 13.2 Å². The number of nitrogens with one attached hydrogen (secondary N) is 1. The third-order valence-corrected chi connectivity index (χ3v) is 4.34. The number of nitrogens with zero attached hydrogens (tertiary/aromatic N) is 2. The molecule has 1 N–H and O–H groups in total. The average Bonchev–Trinajstić information content (AvgIpc) is 3.29. The molecule has 1 atom stereocenters. The van der Waals surface area contributed by atoms with Crippen molar-refractivity contribution in [1.29, 1.82) is 0 Å². The highest BCUT2D eigenvalue weighted by molar-refractivity contribution is 7.07. The van der Waals surface area contributed by atoms with E-state index in [-0.39, 0.29) is 23.3 Å². The van der Waals surface area contributed by atoms with Crippen molar-refractivity contribution in [2.45, 2.75) is 6.04 Å². The number of methoxy groups -OCH3 is 1. The summed E-state index contributed by atoms with van der Waals surface area (Å²) in [5, 5.41) is 11.1. The van der Waals surface area contributed by atoms with E-state index in [1.165, 1.54) is 25.3 Å². The predicted octanol–water partition coefficient (Wildman–Crippen LogP) is 3.11. The first-order valence-electron chi connectivity index (χ1n) is 7.32. The van der Waals surface area contributed by atoms with E-state index in [2.05, 4.69) is 10.4 Å². The molecule has 3 aromatic rings. The Morgan fingerprint density at radius 1 is 1.46 bits per heavy atom. The van der Waals surface area contributed by atoms with Gasteiger partial charge >= 0.3 is 0 Å². The zero-order valence-electron chi connectivity index (χ0n) is 13.0. The molecule has 0 saturated carbocycles. The molecule has 5 nitrogen and oxygen atoms in total. The number of aromatic nitrogens is 2. The van der Waals surface area contributed by atoms with Gasteiger partial charge in [-0.2, -0.15) is 16.4 Å². The highest BCUT2D eigenvalue weighted by Gasteiger charge is 2.17. The number of amides is 1. The first-order chi connectivity index (χ1) is 11.7. The van der Waals surface area contributed by atoms with Gasteiger partial charge in [0.2, 0.25) is 0 Å². The van der Waals surface area contributed by atoms with Crippen molar-refractivity contribution in [1.82, 2.24) is 15.1 Å². The van der Waals surface area contributed by atoms with E-state index < -0.39 is 5.82 Å². The Labute approximate surface area is 142 Å². The maximum Gasteiger partial charge on any atom is 0.251 e. The minimum atomic E-state index is -0.563. The van der Waals surface area contributed by atoms with Crippen LogP contribution in [0, 0.1) is 5.82 Å². The molecule has 24 heavy (non-hydrogen) atoms. The summed E-state index contributed by atoms with van der Waals surface area (Å²) in [6.45, 7) is 0.352. The van der Waals surface area contributed by atoms with Gasteiger partial charge in [0.1, 0.15) is 0 Å². The van der Waals surface area contributed by atoms with Crippen molar-refractivity contribution in [3.8, 4) is 5.75 Å². The summed E-state index contributed by atoms with van der Waals surface area (Å²) in [4.78, 5) is 12.3. The van der Waals surface area contributed by atoms with Crippen LogP contribution in [0.5, 0.6) is 5.75 Å². The number of carbonyl (C=O) groups excluding carboxylic acids is 1. The van der Waals surface area contributed by atoms with Crippen LogP contribution in [0.15, 0.2) is 53.5 Å². The van der Waals surface area contributed by atoms with Crippen LogP contribution in [-0.4, -0.2) is 29.3 Å². The number of ether oxygens (including phenoxy) is 1. The lowest BCUT2D eigenvalue weighted by molar-refractivity contribution is 0.0948. The first-order valence-corrected chi connectivity index (χ1v) is 8.26. The van der Waals surface area contributed by atoms with Gasteiger partial charge in [-0.05, 0) is 46.7 Å². The summed E-state index contributed by atoms with van der Waals surface area (Å²) in [5.74, 6) is -0.796. The Hall–Kier alpha value is -2.67. The molecule has 0 radical (unpaired) electrons. The molecule has 124 valence electrons. The van der Waals surface area contributed by atoms with Crippen LogP contribution in [-0.2, 0) is 0 Å². The Kier molecular flexibility index (Phi) is 4.90. The Morgan fingerprint density at radius 3 is 2.96 bits per heavy atom. The maximum absolute atomic E-state index is 13.7. The fourth-order valence-electron chi connectivity index (χ4n) is 2.39. The number of hydrogen-bond acceptors (Lipinski definition) is 4. The molecule has 0 aliphatic carbocycles. The zero-order chi connectivity index (χ0) is 16.9. The van der Waals surface area contributed by atoms with E-state index in [1.54, 1.807) is 22.2 Å². The van der Waals surface area contributed by atoms with Crippen molar-refractivity contribution >= 4 is 17.2 Å². The van der Waals surface area contributed by atoms with E-state index in [0.717, 1.165) is 5.56 Å². The summed E-state index contributed by atoms with van der Waals surface area (Å²) >= 11 is 1.58. The monoisotopic (exact) mass is 345 g/mol. The summed E-state index contributed by atoms with van der Waals surface area (Å²) in [5.41, 5.74) is 1.31. The third kappa shape index (κ3) is 3.46. The van der Waals surface area contributed by atoms with Crippen LogP contribution < -0.4 is 10.1 Å². The standard InChI is InChI=1S/C17H16FN3O2S/c1-23-16-4-3-12(9-14(16)18)17(22)19-10-15(13-5-8-24-11-13)21-7-2-6-20-21/h2-9,11,15H,10H2,1H3,(H,19,22)/t15-/m0/s1. The van der Waals surface area contributed by atoms with Gasteiger partial charge in [-0.25, -0.2) is 4.39 Å². The fraction of sp³-hybridized carbons (Fsp3) is 0.176. The van der Waals surface area contributed by atoms with Crippen molar-refractivity contribution in [3.05, 3.63) is 70.4 Å². The van der Waals surface area contributed by atoms with Gasteiger partial charge in [0.15, 0.2) is 11.6 Å². The van der Waals surface area contributed by atoms with E-state index in [1.807, 2.05) is 29.1 Å². The van der Waals surface area contributed by atoms with Gasteiger partial charge in [0, 0.05) is 24.5 Å². The molecule has 0 unspecified atom stereocenters. The Morgan fingerprint density at radius 2 is 2.33 bits per heavy atom. The average molecular weight is 345 g/mol. The van der Waals surface area contributed by atoms with Crippen LogP contribution in [0.1, 0.15) is 22.0 Å². The minimum Gasteiger partial charge on any atom is -0.494 e. The van der Waals surface area contributed by atoms with Crippen molar-refractivity contribution in [3.63, 3.8) is 0 Å². The number of benzene rings is 1. The predicted molar refractivity (Wildman–Crippen MR) is 90.0 cm³/mol. The summed E-state index contributed by atoms with van der Waals surface area (Å²) in [7, 11) is 1.38. The molecule has 2 aromatic heterocycles. The van der Waals surface area contributed by atoms with Gasteiger partial charge in [0.25, 0.3) is 5.91 Å². The number of halogens is 1. The second-order valence-electron chi connectivity index (χ2n) is 5.12. The molecule has 1 aromatic carbocycles. The molecule has 0 aliphatic rings. The van der Waals surface area contributed by atoms with Crippen LogP contribution in [0.4, 0.5) is 4.39 Å². The zero-order valence-corrected chi connectivity index (χ0v) is 13.8. The van der Waals surface area contributed by atoms with Crippen LogP contribution >= 0.6 is 11.3 Å². The summed E-state index contributed by atoms with van der Waals surface area (Å²) in [6.07, 6.45) is 3.54. The SMILES string of the molecule is COc1ccc(C(=O)NC[C@@H](c2ccsc2)n2cccn2)cc1F. The van der Waals surface area contributed by atoms with E-state index in [4.69, 9.17) is 4.74 Å². The van der Waals surface area contributed by atoms with Crippen molar-refractivity contribution in [2.24, 2.45) is 0 Å². The molecule has 1 amide bonds. The van der Waals surface area contributed by atoms with Gasteiger partial charge in [-0.1, -0.05) is 0 Å². The van der Waals surface area contributed by atoms with Crippen molar-refractivity contribution < 1.29 is 13.9 Å². The topological polar surface area (TPSA) is 56.1 Å². The molecule has 0 fully saturated rings. The molecule has 0 bridgehead atoms. The number of rotatable bonds is 6. The molecule has 3 rings (SSSR count). The Balaban J connectivity index is 1.73. The lowest BCUT2D eigenvalue weighted by Gasteiger charge is -2.17. The van der Waals surface area contributed by atoms with E-state index in [0.29, 0.717) is 6.54 Å². The summed E-state index contributed by atoms with van der Waals surface area (Å²) < 4.78 is 20.4. The number of carbonyl (C=O) groups is 1. The van der Waals surface area contributed by atoms with Crippen molar-refractivity contribution in [2.75, 3.05) is 13.7 Å².